The maximum Gasteiger partial charge on any atom is 0.301 e. The van der Waals surface area contributed by atoms with E-state index in [1.165, 1.54) is 30.3 Å². The smallest absolute Gasteiger partial charge is 0.301 e. The average molecular weight is 419 g/mol. The standard InChI is InChI=1S/C22H17N3O6/c1-12-3-5-15(6-4-12)20(26)18-19(14-7-9-16(10-8-14)25(29)30)24(22(28)21(18)27)17-11-13(2)31-23-17/h3-11,19,26H,1-2H3/b20-18+/t19-/m1/s1. The monoisotopic (exact) mass is 419 g/mol. The summed E-state index contributed by atoms with van der Waals surface area (Å²) < 4.78 is 5.07. The van der Waals surface area contributed by atoms with E-state index in [4.69, 9.17) is 4.52 Å². The van der Waals surface area contributed by atoms with E-state index in [1.807, 2.05) is 6.92 Å². The summed E-state index contributed by atoms with van der Waals surface area (Å²) in [6.07, 6.45) is 0. The molecule has 2 heterocycles. The number of aromatic nitrogens is 1. The number of aryl methyl sites for hydroxylation is 2. The molecule has 0 unspecified atom stereocenters. The zero-order valence-corrected chi connectivity index (χ0v) is 16.6. The van der Waals surface area contributed by atoms with Gasteiger partial charge in [-0.15, -0.1) is 0 Å². The van der Waals surface area contributed by atoms with Crippen LogP contribution in [0.4, 0.5) is 11.5 Å². The third-order valence-corrected chi connectivity index (χ3v) is 5.05. The summed E-state index contributed by atoms with van der Waals surface area (Å²) in [6.45, 7) is 3.52. The molecule has 1 aliphatic rings. The van der Waals surface area contributed by atoms with E-state index in [0.717, 1.165) is 10.5 Å². The Balaban J connectivity index is 1.92. The van der Waals surface area contributed by atoms with Gasteiger partial charge in [-0.1, -0.05) is 35.0 Å². The molecule has 9 nitrogen and oxygen atoms in total. The van der Waals surface area contributed by atoms with Crippen LogP contribution in [0.1, 0.15) is 28.5 Å². The quantitative estimate of drug-likeness (QED) is 0.224. The van der Waals surface area contributed by atoms with Crippen LogP contribution >= 0.6 is 0 Å². The normalized spacial score (nSPS) is 17.9. The summed E-state index contributed by atoms with van der Waals surface area (Å²) in [4.78, 5) is 37.5. The number of rotatable bonds is 4. The maximum absolute atomic E-state index is 13.0. The van der Waals surface area contributed by atoms with Gasteiger partial charge >= 0.3 is 5.91 Å². The van der Waals surface area contributed by atoms with Gasteiger partial charge in [-0.3, -0.25) is 24.6 Å². The lowest BCUT2D eigenvalue weighted by Gasteiger charge is -2.22. The third kappa shape index (κ3) is 3.46. The van der Waals surface area contributed by atoms with E-state index in [-0.39, 0.29) is 22.8 Å². The first-order chi connectivity index (χ1) is 14.8. The Hall–Kier alpha value is -4.27. The molecule has 1 N–H and O–H groups in total. The number of nitro benzene ring substituents is 1. The Morgan fingerprint density at radius 2 is 1.74 bits per heavy atom. The summed E-state index contributed by atoms with van der Waals surface area (Å²) in [5.41, 5.74) is 1.45. The van der Waals surface area contributed by atoms with E-state index in [9.17, 15) is 24.8 Å². The summed E-state index contributed by atoms with van der Waals surface area (Å²) in [7, 11) is 0. The minimum atomic E-state index is -1.04. The molecular formula is C22H17N3O6. The fraction of sp³-hybridized carbons (Fsp3) is 0.136. The molecule has 1 atom stereocenters. The van der Waals surface area contributed by atoms with E-state index in [1.54, 1.807) is 31.2 Å². The molecule has 4 rings (SSSR count). The molecule has 9 heteroatoms. The number of anilines is 1. The molecule has 0 spiro atoms. The lowest BCUT2D eigenvalue weighted by Crippen LogP contribution is -2.29. The highest BCUT2D eigenvalue weighted by Gasteiger charge is 2.48. The summed E-state index contributed by atoms with van der Waals surface area (Å²) in [5.74, 6) is -1.58. The molecule has 0 saturated carbocycles. The van der Waals surface area contributed by atoms with Crippen molar-refractivity contribution in [2.24, 2.45) is 0 Å². The van der Waals surface area contributed by atoms with Crippen molar-refractivity contribution in [1.29, 1.82) is 0 Å². The number of benzene rings is 2. The first-order valence-electron chi connectivity index (χ1n) is 9.33. The minimum Gasteiger partial charge on any atom is -0.507 e. The van der Waals surface area contributed by atoms with Crippen LogP contribution in [0.25, 0.3) is 5.76 Å². The number of carbonyl (C=O) groups excluding carboxylic acids is 2. The van der Waals surface area contributed by atoms with Crippen LogP contribution in [0.2, 0.25) is 0 Å². The lowest BCUT2D eigenvalue weighted by atomic mass is 9.95. The number of hydrogen-bond acceptors (Lipinski definition) is 7. The number of carbonyl (C=O) groups is 2. The summed E-state index contributed by atoms with van der Waals surface area (Å²) >= 11 is 0. The number of non-ortho nitro benzene ring substituents is 1. The van der Waals surface area contributed by atoms with E-state index < -0.39 is 22.7 Å². The molecule has 31 heavy (non-hydrogen) atoms. The molecule has 1 aliphatic heterocycles. The molecule has 0 radical (unpaired) electrons. The number of aliphatic hydroxyl groups excluding tert-OH is 1. The molecule has 1 fully saturated rings. The summed E-state index contributed by atoms with van der Waals surface area (Å²) in [6, 6.07) is 12.7. The van der Waals surface area contributed by atoms with Gasteiger partial charge in [-0.05, 0) is 31.5 Å². The van der Waals surface area contributed by atoms with Gasteiger partial charge in [0.2, 0.25) is 0 Å². The topological polar surface area (TPSA) is 127 Å². The molecule has 3 aromatic rings. The average Bonchev–Trinajstić information content (AvgIpc) is 3.29. The van der Waals surface area contributed by atoms with Crippen LogP contribution in [0.5, 0.6) is 0 Å². The zero-order chi connectivity index (χ0) is 22.3. The lowest BCUT2D eigenvalue weighted by molar-refractivity contribution is -0.384. The van der Waals surface area contributed by atoms with E-state index in [2.05, 4.69) is 5.16 Å². The van der Waals surface area contributed by atoms with Gasteiger partial charge in [0, 0.05) is 23.8 Å². The van der Waals surface area contributed by atoms with Crippen LogP contribution in [0, 0.1) is 24.0 Å². The van der Waals surface area contributed by atoms with Gasteiger partial charge in [0.05, 0.1) is 16.5 Å². The Labute approximate surface area is 176 Å². The molecule has 1 amide bonds. The van der Waals surface area contributed by atoms with Crippen molar-refractivity contribution < 1.29 is 24.1 Å². The fourth-order valence-corrected chi connectivity index (χ4v) is 3.50. The predicted molar refractivity (Wildman–Crippen MR) is 110 cm³/mol. The van der Waals surface area contributed by atoms with Crippen LogP contribution in [-0.4, -0.2) is 26.9 Å². The van der Waals surface area contributed by atoms with Gasteiger partial charge in [0.15, 0.2) is 5.82 Å². The van der Waals surface area contributed by atoms with Crippen molar-refractivity contribution >= 4 is 29.0 Å². The van der Waals surface area contributed by atoms with E-state index in [0.29, 0.717) is 16.9 Å². The van der Waals surface area contributed by atoms with Crippen molar-refractivity contribution in [3.8, 4) is 0 Å². The van der Waals surface area contributed by atoms with Gasteiger partial charge < -0.3 is 9.63 Å². The van der Waals surface area contributed by atoms with Crippen molar-refractivity contribution in [2.75, 3.05) is 4.90 Å². The van der Waals surface area contributed by atoms with E-state index >= 15 is 0 Å². The largest absolute Gasteiger partial charge is 0.507 e. The number of hydrogen-bond donors (Lipinski definition) is 1. The van der Waals surface area contributed by atoms with Gasteiger partial charge in [0.25, 0.3) is 11.5 Å². The Morgan fingerprint density at radius 1 is 1.10 bits per heavy atom. The highest BCUT2D eigenvalue weighted by Crippen LogP contribution is 2.42. The minimum absolute atomic E-state index is 0.103. The van der Waals surface area contributed by atoms with Gasteiger partial charge in [-0.25, -0.2) is 0 Å². The Bertz CT molecular complexity index is 1220. The molecular weight excluding hydrogens is 402 g/mol. The SMILES string of the molecule is Cc1ccc(/C(O)=C2\C(=O)C(=O)N(c3cc(C)on3)[C@@H]2c2ccc([N+](=O)[O-])cc2)cc1. The van der Waals surface area contributed by atoms with Crippen molar-refractivity contribution in [1.82, 2.24) is 5.16 Å². The van der Waals surface area contributed by atoms with Crippen LogP contribution in [0.3, 0.4) is 0 Å². The number of ketones is 1. The molecule has 156 valence electrons. The van der Waals surface area contributed by atoms with Crippen molar-refractivity contribution in [3.05, 3.63) is 92.7 Å². The molecule has 1 saturated heterocycles. The fourth-order valence-electron chi connectivity index (χ4n) is 3.50. The Kier molecular flexibility index (Phi) is 4.86. The molecule has 2 aromatic carbocycles. The number of aliphatic hydroxyl groups is 1. The highest BCUT2D eigenvalue weighted by atomic mass is 16.6. The number of Topliss-reactive ketones (excluding diaryl/α,β-unsaturated/α-hetero) is 1. The Morgan fingerprint density at radius 3 is 2.29 bits per heavy atom. The highest BCUT2D eigenvalue weighted by molar-refractivity contribution is 6.51. The van der Waals surface area contributed by atoms with Gasteiger partial charge in [0.1, 0.15) is 11.5 Å². The van der Waals surface area contributed by atoms with Crippen LogP contribution in [-0.2, 0) is 9.59 Å². The first-order valence-corrected chi connectivity index (χ1v) is 9.33. The van der Waals surface area contributed by atoms with Crippen LogP contribution < -0.4 is 4.90 Å². The molecule has 0 aliphatic carbocycles. The first kappa shape index (κ1) is 20.0. The van der Waals surface area contributed by atoms with Crippen LogP contribution in [0.15, 0.2) is 64.7 Å². The second-order valence-electron chi connectivity index (χ2n) is 7.18. The van der Waals surface area contributed by atoms with Crippen molar-refractivity contribution in [3.63, 3.8) is 0 Å². The number of nitro groups is 1. The summed E-state index contributed by atoms with van der Waals surface area (Å²) in [5, 5.41) is 25.8. The zero-order valence-electron chi connectivity index (χ0n) is 16.6. The maximum atomic E-state index is 13.0. The third-order valence-electron chi connectivity index (χ3n) is 5.05. The molecule has 0 bridgehead atoms. The van der Waals surface area contributed by atoms with Crippen molar-refractivity contribution in [2.45, 2.75) is 19.9 Å². The number of nitrogens with zero attached hydrogens (tertiary/aromatic N) is 3. The second kappa shape index (κ2) is 7.52. The van der Waals surface area contributed by atoms with Gasteiger partial charge in [-0.2, -0.15) is 0 Å². The number of amides is 1. The second-order valence-corrected chi connectivity index (χ2v) is 7.18. The predicted octanol–water partition coefficient (Wildman–Crippen LogP) is 3.83. The molecule has 1 aromatic heterocycles.